The Bertz CT molecular complexity index is 110. The number of carbonyl (C=O) groups excluding carboxylic acids is 1. The smallest absolute Gasteiger partial charge is 0.331 e. The quantitative estimate of drug-likeness (QED) is 0.370. The maximum Gasteiger partial charge on any atom is 0.331 e. The summed E-state index contributed by atoms with van der Waals surface area (Å²) in [6, 6.07) is 0. The molecule has 0 aromatic carbocycles. The molecule has 0 aromatic heterocycles. The highest BCUT2D eigenvalue weighted by atomic mass is 32.1. The van der Waals surface area contributed by atoms with Crippen molar-refractivity contribution in [2.75, 3.05) is 6.61 Å². The summed E-state index contributed by atoms with van der Waals surface area (Å²) in [5, 5.41) is 1.36. The van der Waals surface area contributed by atoms with E-state index < -0.39 is 0 Å². The van der Waals surface area contributed by atoms with E-state index in [9.17, 15) is 4.79 Å². The van der Waals surface area contributed by atoms with Crippen LogP contribution in [0.5, 0.6) is 0 Å². The summed E-state index contributed by atoms with van der Waals surface area (Å²) in [4.78, 5) is 10.4. The molecule has 0 aromatic rings. The van der Waals surface area contributed by atoms with Gasteiger partial charge in [-0.25, -0.2) is 4.79 Å². The van der Waals surface area contributed by atoms with Gasteiger partial charge in [0.25, 0.3) is 0 Å². The summed E-state index contributed by atoms with van der Waals surface area (Å²) in [6.45, 7) is 2.43. The molecule has 0 aliphatic rings. The van der Waals surface area contributed by atoms with Crippen LogP contribution in [0.15, 0.2) is 11.5 Å². The molecular formula is C6H10O2S. The molecule has 0 radical (unpaired) electrons. The van der Waals surface area contributed by atoms with Crippen molar-refractivity contribution in [3.05, 3.63) is 11.5 Å². The fraction of sp³-hybridized carbons (Fsp3) is 0.500. The van der Waals surface area contributed by atoms with Crippen molar-refractivity contribution < 1.29 is 9.53 Å². The van der Waals surface area contributed by atoms with Gasteiger partial charge in [0.05, 0.1) is 6.61 Å². The molecule has 0 N–H and O–H groups in total. The lowest BCUT2D eigenvalue weighted by Crippen LogP contribution is -2.00. The molecule has 0 bridgehead atoms. The SMILES string of the molecule is CCCOC(=O)C=CS. The van der Waals surface area contributed by atoms with Gasteiger partial charge in [0, 0.05) is 6.08 Å². The molecule has 52 valence electrons. The normalized spacial score (nSPS) is 10.0. The summed E-state index contributed by atoms with van der Waals surface area (Å²) < 4.78 is 4.66. The number of esters is 1. The Morgan fingerprint density at radius 1 is 1.78 bits per heavy atom. The lowest BCUT2D eigenvalue weighted by molar-refractivity contribution is -0.137. The van der Waals surface area contributed by atoms with Crippen LogP contribution in [0.2, 0.25) is 0 Å². The van der Waals surface area contributed by atoms with Gasteiger partial charge < -0.3 is 4.74 Å². The van der Waals surface area contributed by atoms with Gasteiger partial charge in [-0.3, -0.25) is 0 Å². The van der Waals surface area contributed by atoms with Crippen molar-refractivity contribution in [1.82, 2.24) is 0 Å². The van der Waals surface area contributed by atoms with Crippen LogP contribution in [-0.2, 0) is 9.53 Å². The zero-order valence-electron chi connectivity index (χ0n) is 5.33. The lowest BCUT2D eigenvalue weighted by Gasteiger charge is -1.95. The van der Waals surface area contributed by atoms with Crippen molar-refractivity contribution in [2.24, 2.45) is 0 Å². The molecule has 2 nitrogen and oxygen atoms in total. The van der Waals surface area contributed by atoms with E-state index in [1.54, 1.807) is 0 Å². The Morgan fingerprint density at radius 2 is 2.44 bits per heavy atom. The van der Waals surface area contributed by atoms with E-state index >= 15 is 0 Å². The van der Waals surface area contributed by atoms with Crippen LogP contribution in [0.25, 0.3) is 0 Å². The summed E-state index contributed by atoms with van der Waals surface area (Å²) >= 11 is 3.70. The van der Waals surface area contributed by atoms with Gasteiger partial charge >= 0.3 is 5.97 Å². The van der Waals surface area contributed by atoms with Gasteiger partial charge in [0.15, 0.2) is 0 Å². The molecule has 0 aliphatic heterocycles. The van der Waals surface area contributed by atoms with Crippen LogP contribution in [0.4, 0.5) is 0 Å². The van der Waals surface area contributed by atoms with Gasteiger partial charge in [0.1, 0.15) is 0 Å². The minimum atomic E-state index is -0.327. The second-order valence-electron chi connectivity index (χ2n) is 1.48. The summed E-state index contributed by atoms with van der Waals surface area (Å²) in [6.07, 6.45) is 2.13. The lowest BCUT2D eigenvalue weighted by atomic mass is 10.5. The van der Waals surface area contributed by atoms with E-state index in [0.717, 1.165) is 6.42 Å². The second kappa shape index (κ2) is 5.69. The first-order valence-corrected chi connectivity index (χ1v) is 3.30. The van der Waals surface area contributed by atoms with Crippen molar-refractivity contribution >= 4 is 18.6 Å². The zero-order chi connectivity index (χ0) is 7.11. The summed E-state index contributed by atoms with van der Waals surface area (Å²) in [5.74, 6) is -0.327. The second-order valence-corrected chi connectivity index (χ2v) is 1.78. The largest absolute Gasteiger partial charge is 0.463 e. The maximum absolute atomic E-state index is 10.4. The van der Waals surface area contributed by atoms with E-state index in [2.05, 4.69) is 17.4 Å². The minimum absolute atomic E-state index is 0.327. The molecule has 0 saturated heterocycles. The van der Waals surface area contributed by atoms with E-state index in [1.807, 2.05) is 6.92 Å². The Kier molecular flexibility index (Phi) is 5.41. The number of rotatable bonds is 3. The third kappa shape index (κ3) is 5.43. The third-order valence-corrected chi connectivity index (χ3v) is 0.808. The molecule has 0 rings (SSSR count). The van der Waals surface area contributed by atoms with E-state index in [0.29, 0.717) is 6.61 Å². The predicted molar refractivity (Wildman–Crippen MR) is 39.4 cm³/mol. The van der Waals surface area contributed by atoms with Crippen LogP contribution in [-0.4, -0.2) is 12.6 Å². The van der Waals surface area contributed by atoms with Gasteiger partial charge in [-0.15, -0.1) is 0 Å². The van der Waals surface area contributed by atoms with Crippen LogP contribution < -0.4 is 0 Å². The van der Waals surface area contributed by atoms with Gasteiger partial charge in [-0.05, 0) is 11.8 Å². The average Bonchev–Trinajstić information content (AvgIpc) is 1.85. The highest BCUT2D eigenvalue weighted by molar-refractivity contribution is 7.83. The number of hydrogen-bond acceptors (Lipinski definition) is 3. The van der Waals surface area contributed by atoms with Crippen LogP contribution in [0, 0.1) is 0 Å². The third-order valence-electron chi connectivity index (χ3n) is 0.659. The van der Waals surface area contributed by atoms with Gasteiger partial charge in [-0.1, -0.05) is 6.92 Å². The van der Waals surface area contributed by atoms with E-state index in [4.69, 9.17) is 0 Å². The first-order chi connectivity index (χ1) is 4.31. The highest BCUT2D eigenvalue weighted by Crippen LogP contribution is 1.85. The van der Waals surface area contributed by atoms with Gasteiger partial charge in [-0.2, -0.15) is 12.6 Å². The number of carbonyl (C=O) groups is 1. The topological polar surface area (TPSA) is 26.3 Å². The summed E-state index contributed by atoms with van der Waals surface area (Å²) in [7, 11) is 0. The van der Waals surface area contributed by atoms with Crippen LogP contribution in [0.3, 0.4) is 0 Å². The molecule has 9 heavy (non-hydrogen) atoms. The fourth-order valence-corrected chi connectivity index (χ4v) is 0.433. The molecule has 0 atom stereocenters. The maximum atomic E-state index is 10.4. The molecule has 0 amide bonds. The Hall–Kier alpha value is -0.440. The fourth-order valence-electron chi connectivity index (χ4n) is 0.312. The highest BCUT2D eigenvalue weighted by Gasteiger charge is 1.91. The molecule has 0 fully saturated rings. The molecule has 0 heterocycles. The van der Waals surface area contributed by atoms with E-state index in [1.165, 1.54) is 11.5 Å². The molecule has 0 aliphatic carbocycles. The molecule has 0 spiro atoms. The van der Waals surface area contributed by atoms with Crippen LogP contribution >= 0.6 is 12.6 Å². The standard InChI is InChI=1S/C6H10O2S/c1-2-4-8-6(7)3-5-9/h3,5,9H,2,4H2,1H3. The molecule has 0 unspecified atom stereocenters. The Labute approximate surface area is 60.3 Å². The van der Waals surface area contributed by atoms with Crippen molar-refractivity contribution in [3.63, 3.8) is 0 Å². The first kappa shape index (κ1) is 8.56. The van der Waals surface area contributed by atoms with Crippen molar-refractivity contribution in [3.8, 4) is 0 Å². The first-order valence-electron chi connectivity index (χ1n) is 2.78. The molecule has 0 saturated carbocycles. The van der Waals surface area contributed by atoms with Crippen molar-refractivity contribution in [2.45, 2.75) is 13.3 Å². The summed E-state index contributed by atoms with van der Waals surface area (Å²) in [5.41, 5.74) is 0. The monoisotopic (exact) mass is 146 g/mol. The Morgan fingerprint density at radius 3 is 2.89 bits per heavy atom. The van der Waals surface area contributed by atoms with Crippen LogP contribution in [0.1, 0.15) is 13.3 Å². The minimum Gasteiger partial charge on any atom is -0.463 e. The number of ether oxygens (including phenoxy) is 1. The molecular weight excluding hydrogens is 136 g/mol. The average molecular weight is 146 g/mol. The molecule has 3 heteroatoms. The Balaban J connectivity index is 3.27. The van der Waals surface area contributed by atoms with Crippen molar-refractivity contribution in [1.29, 1.82) is 0 Å². The predicted octanol–water partition coefficient (Wildman–Crippen LogP) is 1.38. The number of hydrogen-bond donors (Lipinski definition) is 1. The van der Waals surface area contributed by atoms with Gasteiger partial charge in [0.2, 0.25) is 0 Å². The van der Waals surface area contributed by atoms with E-state index in [-0.39, 0.29) is 5.97 Å². The number of thiol groups is 1. The zero-order valence-corrected chi connectivity index (χ0v) is 6.23.